The van der Waals surface area contributed by atoms with Gasteiger partial charge in [0.15, 0.2) is 17.3 Å². The van der Waals surface area contributed by atoms with E-state index in [0.29, 0.717) is 12.8 Å². The molecule has 0 bridgehead atoms. The molecule has 1 unspecified atom stereocenters. The van der Waals surface area contributed by atoms with Gasteiger partial charge in [-0.25, -0.2) is 0 Å². The molecule has 208 valence electrons. The van der Waals surface area contributed by atoms with Gasteiger partial charge in [0.25, 0.3) is 0 Å². The summed E-state index contributed by atoms with van der Waals surface area (Å²) >= 11 is 0. The molecule has 0 radical (unpaired) electrons. The molecule has 0 fully saturated rings. The molecule has 1 atom stereocenters. The number of benzene rings is 1. The molecule has 1 aliphatic carbocycles. The van der Waals surface area contributed by atoms with E-state index < -0.39 is 52.0 Å². The highest BCUT2D eigenvalue weighted by molar-refractivity contribution is 6.24. The highest BCUT2D eigenvalue weighted by atomic mass is 16.5. The molecule has 4 N–H and O–H groups in total. The van der Waals surface area contributed by atoms with Crippen LogP contribution in [0.15, 0.2) is 40.4 Å². The van der Waals surface area contributed by atoms with E-state index in [-0.39, 0.29) is 47.5 Å². The van der Waals surface area contributed by atoms with Gasteiger partial charge in [0.05, 0.1) is 12.5 Å². The van der Waals surface area contributed by atoms with Gasteiger partial charge in [0.2, 0.25) is 0 Å². The number of aliphatic hydroxyl groups excluding tert-OH is 2. The molecule has 0 spiro atoms. The maximum absolute atomic E-state index is 13.5. The number of carbonyl (C=O) groups excluding carboxylic acids is 3. The van der Waals surface area contributed by atoms with Gasteiger partial charge in [-0.05, 0) is 40.0 Å². The fraction of sp³-hybridized carbons (Fsp3) is 0.500. The number of Topliss-reactive ketones (excluding diaryl/α,β-unsaturated/α-hetero) is 3. The van der Waals surface area contributed by atoms with Crippen molar-refractivity contribution in [1.82, 2.24) is 0 Å². The van der Waals surface area contributed by atoms with Gasteiger partial charge in [-0.3, -0.25) is 14.4 Å². The van der Waals surface area contributed by atoms with Crippen LogP contribution in [-0.2, 0) is 16.0 Å². The van der Waals surface area contributed by atoms with Crippen molar-refractivity contribution < 1.29 is 39.5 Å². The Morgan fingerprint density at radius 1 is 1.00 bits per heavy atom. The number of ketones is 3. The average Bonchev–Trinajstić information content (AvgIpc) is 2.85. The second kappa shape index (κ2) is 12.8. The molecule has 0 aliphatic heterocycles. The van der Waals surface area contributed by atoms with E-state index in [4.69, 9.17) is 4.74 Å². The molecule has 0 aromatic heterocycles. The summed E-state index contributed by atoms with van der Waals surface area (Å²) in [6.07, 6.45) is 4.35. The summed E-state index contributed by atoms with van der Waals surface area (Å²) in [6.45, 7) is 8.93. The third-order valence-corrected chi connectivity index (χ3v) is 6.94. The fourth-order valence-electron chi connectivity index (χ4n) is 4.58. The Kier molecular flexibility index (Phi) is 10.3. The molecular weight excluding hydrogens is 488 g/mol. The lowest BCUT2D eigenvalue weighted by atomic mass is 9.69. The van der Waals surface area contributed by atoms with Gasteiger partial charge < -0.3 is 25.2 Å². The molecule has 0 saturated carbocycles. The van der Waals surface area contributed by atoms with Gasteiger partial charge in [-0.15, -0.1) is 0 Å². The van der Waals surface area contributed by atoms with Gasteiger partial charge in [0.1, 0.15) is 39.9 Å². The van der Waals surface area contributed by atoms with Crippen LogP contribution in [0, 0.1) is 5.41 Å². The molecule has 8 nitrogen and oxygen atoms in total. The van der Waals surface area contributed by atoms with Crippen molar-refractivity contribution >= 4 is 17.3 Å². The van der Waals surface area contributed by atoms with Crippen LogP contribution in [0.5, 0.6) is 17.2 Å². The van der Waals surface area contributed by atoms with Crippen LogP contribution in [0.2, 0.25) is 0 Å². The van der Waals surface area contributed by atoms with Crippen LogP contribution in [0.3, 0.4) is 0 Å². The Morgan fingerprint density at radius 2 is 1.66 bits per heavy atom. The van der Waals surface area contributed by atoms with Crippen molar-refractivity contribution in [3.63, 3.8) is 0 Å². The predicted molar refractivity (Wildman–Crippen MR) is 145 cm³/mol. The minimum atomic E-state index is -1.55. The van der Waals surface area contributed by atoms with Crippen molar-refractivity contribution in [2.45, 2.75) is 86.0 Å². The minimum absolute atomic E-state index is 0.00533. The Hall–Kier alpha value is -3.55. The number of phenols is 2. The predicted octanol–water partition coefficient (Wildman–Crippen LogP) is 6.35. The van der Waals surface area contributed by atoms with Crippen molar-refractivity contribution in [2.75, 3.05) is 7.11 Å². The van der Waals surface area contributed by atoms with Crippen LogP contribution in [0.1, 0.15) is 95.5 Å². The third-order valence-electron chi connectivity index (χ3n) is 6.94. The van der Waals surface area contributed by atoms with Crippen molar-refractivity contribution in [1.29, 1.82) is 0 Å². The monoisotopic (exact) mass is 528 g/mol. The van der Waals surface area contributed by atoms with E-state index in [1.807, 2.05) is 20.8 Å². The average molecular weight is 529 g/mol. The molecule has 1 aliphatic rings. The number of hydrogen-bond donors (Lipinski definition) is 4. The summed E-state index contributed by atoms with van der Waals surface area (Å²) in [7, 11) is 1.31. The quantitative estimate of drug-likeness (QED) is 0.100. The molecule has 1 aromatic rings. The van der Waals surface area contributed by atoms with E-state index in [1.165, 1.54) is 20.1 Å². The fourth-order valence-corrected chi connectivity index (χ4v) is 4.58. The Labute approximate surface area is 224 Å². The van der Waals surface area contributed by atoms with E-state index in [0.717, 1.165) is 18.4 Å². The third kappa shape index (κ3) is 6.11. The topological polar surface area (TPSA) is 141 Å². The number of ether oxygens (including phenoxy) is 1. The highest BCUT2D eigenvalue weighted by Gasteiger charge is 2.47. The number of carbonyl (C=O) groups is 3. The van der Waals surface area contributed by atoms with Crippen LogP contribution in [0.25, 0.3) is 0 Å². The Balaban J connectivity index is 2.75. The number of phenolic OH excluding ortho intramolecular Hbond substituents is 2. The smallest absolute Gasteiger partial charge is 0.183 e. The largest absolute Gasteiger partial charge is 0.511 e. The number of hydrogen-bond acceptors (Lipinski definition) is 8. The molecule has 0 heterocycles. The summed E-state index contributed by atoms with van der Waals surface area (Å²) in [5, 5.41) is 44.3. The van der Waals surface area contributed by atoms with Gasteiger partial charge in [-0.2, -0.15) is 0 Å². The normalized spacial score (nSPS) is 17.6. The first kappa shape index (κ1) is 30.7. The van der Waals surface area contributed by atoms with Crippen LogP contribution >= 0.6 is 0 Å². The zero-order valence-corrected chi connectivity index (χ0v) is 23.2. The van der Waals surface area contributed by atoms with E-state index in [1.54, 1.807) is 13.0 Å². The van der Waals surface area contributed by atoms with Gasteiger partial charge in [0, 0.05) is 36.5 Å². The zero-order chi connectivity index (χ0) is 28.8. The van der Waals surface area contributed by atoms with E-state index in [2.05, 4.69) is 0 Å². The van der Waals surface area contributed by atoms with E-state index >= 15 is 0 Å². The zero-order valence-electron chi connectivity index (χ0n) is 23.2. The molecule has 0 saturated heterocycles. The van der Waals surface area contributed by atoms with Crippen molar-refractivity contribution in [3.05, 3.63) is 51.5 Å². The first-order chi connectivity index (χ1) is 17.8. The summed E-state index contributed by atoms with van der Waals surface area (Å²) in [4.78, 5) is 39.4. The maximum atomic E-state index is 13.5. The summed E-state index contributed by atoms with van der Waals surface area (Å²) < 4.78 is 5.24. The lowest BCUT2D eigenvalue weighted by Crippen LogP contribution is -2.39. The SMILES string of the molecule is CCCCCC(=O)c1c(OC)cc(O)c(CC2=C(O)C(C)(CC=C(C)C)C(=O)C(C(=O)CCC)=C2O)c1O. The first-order valence-electron chi connectivity index (χ1n) is 13.1. The Morgan fingerprint density at radius 3 is 2.21 bits per heavy atom. The Bertz CT molecular complexity index is 1200. The summed E-state index contributed by atoms with van der Waals surface area (Å²) in [5.74, 6) is -3.75. The number of allylic oxidation sites excluding steroid dienone is 5. The molecular formula is C30H40O8. The number of aromatic hydroxyl groups is 2. The number of rotatable bonds is 13. The molecule has 1 aromatic carbocycles. The molecule has 8 heteroatoms. The van der Waals surface area contributed by atoms with Gasteiger partial charge >= 0.3 is 0 Å². The molecule has 0 amide bonds. The second-order valence-electron chi connectivity index (χ2n) is 10.2. The molecule has 2 rings (SSSR count). The maximum Gasteiger partial charge on any atom is 0.183 e. The number of unbranched alkanes of at least 4 members (excludes halogenated alkanes) is 2. The van der Waals surface area contributed by atoms with Crippen LogP contribution < -0.4 is 4.74 Å². The molecule has 38 heavy (non-hydrogen) atoms. The van der Waals surface area contributed by atoms with Crippen LogP contribution in [0.4, 0.5) is 0 Å². The lowest BCUT2D eigenvalue weighted by Gasteiger charge is -2.33. The standard InChI is InChI=1S/C30H40O8/c1-7-9-10-12-21(32)24-23(38-6)16-22(33)18(26(24)34)15-19-27(35)25(20(31)11-8-2)29(37)30(5,28(19)36)14-13-17(3)4/h13,16,33-36H,7-12,14-15H2,1-6H3. The summed E-state index contributed by atoms with van der Waals surface area (Å²) in [6, 6.07) is 1.19. The summed E-state index contributed by atoms with van der Waals surface area (Å²) in [5.41, 5.74) is -1.49. The van der Waals surface area contributed by atoms with Crippen molar-refractivity contribution in [3.8, 4) is 17.2 Å². The highest BCUT2D eigenvalue weighted by Crippen LogP contribution is 2.46. The first-order valence-corrected chi connectivity index (χ1v) is 13.1. The number of methoxy groups -OCH3 is 1. The second-order valence-corrected chi connectivity index (χ2v) is 10.2. The van der Waals surface area contributed by atoms with Crippen LogP contribution in [-0.4, -0.2) is 44.9 Å². The lowest BCUT2D eigenvalue weighted by molar-refractivity contribution is -0.127. The van der Waals surface area contributed by atoms with Crippen molar-refractivity contribution in [2.24, 2.45) is 5.41 Å². The van der Waals surface area contributed by atoms with E-state index in [9.17, 15) is 34.8 Å². The van der Waals surface area contributed by atoms with Gasteiger partial charge in [-0.1, -0.05) is 38.3 Å². The number of aliphatic hydroxyl groups is 2. The minimum Gasteiger partial charge on any atom is -0.511 e.